The first-order valence-corrected chi connectivity index (χ1v) is 12.2. The Kier molecular flexibility index (Phi) is 12.1. The van der Waals surface area contributed by atoms with Crippen molar-refractivity contribution < 1.29 is 13.2 Å². The summed E-state index contributed by atoms with van der Waals surface area (Å²) in [5, 5.41) is 6.55. The van der Waals surface area contributed by atoms with Crippen molar-refractivity contribution in [3.05, 3.63) is 29.3 Å². The molecular formula is C21H36IN3O3S. The van der Waals surface area contributed by atoms with Gasteiger partial charge in [0.05, 0.1) is 24.2 Å². The van der Waals surface area contributed by atoms with E-state index in [4.69, 9.17) is 4.74 Å². The monoisotopic (exact) mass is 537 g/mol. The molecular weight excluding hydrogens is 501 g/mol. The normalized spacial score (nSPS) is 16.0. The Hall–Kier alpha value is -0.870. The number of nitrogens with one attached hydrogen (secondary N) is 2. The van der Waals surface area contributed by atoms with E-state index in [0.717, 1.165) is 23.6 Å². The summed E-state index contributed by atoms with van der Waals surface area (Å²) >= 11 is 0. The lowest BCUT2D eigenvalue weighted by Crippen LogP contribution is -2.39. The lowest BCUT2D eigenvalue weighted by molar-refractivity contribution is 0.0468. The second kappa shape index (κ2) is 13.4. The van der Waals surface area contributed by atoms with Gasteiger partial charge in [-0.15, -0.1) is 24.0 Å². The van der Waals surface area contributed by atoms with E-state index >= 15 is 0 Å². The van der Waals surface area contributed by atoms with E-state index in [0.29, 0.717) is 30.7 Å². The lowest BCUT2D eigenvalue weighted by atomic mass is 10.1. The number of aryl methyl sites for hydroxylation is 1. The summed E-state index contributed by atoms with van der Waals surface area (Å²) in [5.41, 5.74) is 1.74. The van der Waals surface area contributed by atoms with Crippen molar-refractivity contribution in [2.45, 2.75) is 69.9 Å². The van der Waals surface area contributed by atoms with Crippen LogP contribution in [0.4, 0.5) is 0 Å². The maximum atomic E-state index is 11.7. The highest BCUT2D eigenvalue weighted by molar-refractivity contribution is 14.0. The molecule has 166 valence electrons. The second-order valence-corrected chi connectivity index (χ2v) is 9.46. The first kappa shape index (κ1) is 26.2. The molecule has 1 saturated carbocycles. The SMILES string of the molecule is CCNC(=NCc1ccc(S(C)(=O)=O)c(C)c1)NCCOC1CCCCCC1.I. The van der Waals surface area contributed by atoms with E-state index in [-0.39, 0.29) is 24.0 Å². The molecule has 0 aliphatic heterocycles. The Morgan fingerprint density at radius 1 is 1.17 bits per heavy atom. The molecule has 1 aliphatic carbocycles. The highest BCUT2D eigenvalue weighted by atomic mass is 127. The quantitative estimate of drug-likeness (QED) is 0.173. The molecule has 0 spiro atoms. The van der Waals surface area contributed by atoms with E-state index in [2.05, 4.69) is 15.6 Å². The average Bonchev–Trinajstić information content (AvgIpc) is 2.91. The Bertz CT molecular complexity index is 746. The molecule has 29 heavy (non-hydrogen) atoms. The van der Waals surface area contributed by atoms with E-state index in [1.165, 1.54) is 44.8 Å². The standard InChI is InChI=1S/C21H35N3O3S.HI/c1-4-22-21(23-13-14-27-19-9-7-5-6-8-10-19)24-16-18-11-12-20(17(2)15-18)28(3,25)26;/h11-12,15,19H,4-10,13-14,16H2,1-3H3,(H2,22,23,24);1H. The molecule has 1 aromatic rings. The Morgan fingerprint density at radius 2 is 1.86 bits per heavy atom. The molecule has 2 N–H and O–H groups in total. The van der Waals surface area contributed by atoms with Crippen LogP contribution < -0.4 is 10.6 Å². The zero-order valence-corrected chi connectivity index (χ0v) is 21.0. The Labute approximate surface area is 193 Å². The Balaban J connectivity index is 0.00000420. The molecule has 0 radical (unpaired) electrons. The predicted molar refractivity (Wildman–Crippen MR) is 130 cm³/mol. The largest absolute Gasteiger partial charge is 0.376 e. The molecule has 1 fully saturated rings. The molecule has 0 saturated heterocycles. The smallest absolute Gasteiger partial charge is 0.191 e. The molecule has 0 unspecified atom stereocenters. The number of hydrogen-bond donors (Lipinski definition) is 2. The van der Waals surface area contributed by atoms with E-state index in [1.807, 2.05) is 26.0 Å². The molecule has 0 heterocycles. The third-order valence-corrected chi connectivity index (χ3v) is 6.21. The van der Waals surface area contributed by atoms with Crippen LogP contribution >= 0.6 is 24.0 Å². The summed E-state index contributed by atoms with van der Waals surface area (Å²) in [5.74, 6) is 0.747. The van der Waals surface area contributed by atoms with Gasteiger partial charge in [0.15, 0.2) is 15.8 Å². The summed E-state index contributed by atoms with van der Waals surface area (Å²) < 4.78 is 29.5. The number of halogens is 1. The fourth-order valence-corrected chi connectivity index (χ4v) is 4.50. The van der Waals surface area contributed by atoms with Gasteiger partial charge >= 0.3 is 0 Å². The predicted octanol–water partition coefficient (Wildman–Crippen LogP) is 3.81. The van der Waals surface area contributed by atoms with Crippen LogP contribution in [0.2, 0.25) is 0 Å². The average molecular weight is 538 g/mol. The molecule has 2 rings (SSSR count). The van der Waals surface area contributed by atoms with Crippen molar-refractivity contribution >= 4 is 39.8 Å². The number of benzene rings is 1. The number of guanidine groups is 1. The summed E-state index contributed by atoms with van der Waals surface area (Å²) in [6.45, 7) is 6.51. The number of sulfone groups is 1. The van der Waals surface area contributed by atoms with Crippen LogP contribution in [-0.4, -0.2) is 46.4 Å². The number of ether oxygens (including phenoxy) is 1. The fourth-order valence-electron chi connectivity index (χ4n) is 3.54. The minimum atomic E-state index is -3.19. The van der Waals surface area contributed by atoms with Crippen molar-refractivity contribution in [3.63, 3.8) is 0 Å². The van der Waals surface area contributed by atoms with Gasteiger partial charge in [-0.1, -0.05) is 37.8 Å². The summed E-state index contributed by atoms with van der Waals surface area (Å²) in [7, 11) is -3.19. The van der Waals surface area contributed by atoms with Crippen LogP contribution in [0.15, 0.2) is 28.1 Å². The van der Waals surface area contributed by atoms with Crippen molar-refractivity contribution in [1.29, 1.82) is 0 Å². The molecule has 8 heteroatoms. The third kappa shape index (κ3) is 9.65. The van der Waals surface area contributed by atoms with Gasteiger partial charge in [-0.25, -0.2) is 13.4 Å². The van der Waals surface area contributed by atoms with Crippen molar-refractivity contribution in [3.8, 4) is 0 Å². The molecule has 0 aromatic heterocycles. The molecule has 0 atom stereocenters. The number of aliphatic imine (C=N–C) groups is 1. The highest BCUT2D eigenvalue weighted by Crippen LogP contribution is 2.19. The van der Waals surface area contributed by atoms with Crippen LogP contribution in [0, 0.1) is 6.92 Å². The fraction of sp³-hybridized carbons (Fsp3) is 0.667. The van der Waals surface area contributed by atoms with Gasteiger partial charge in [0.1, 0.15) is 0 Å². The molecule has 0 amide bonds. The molecule has 1 aliphatic rings. The summed E-state index contributed by atoms with van der Waals surface area (Å²) in [4.78, 5) is 4.98. The van der Waals surface area contributed by atoms with Crippen molar-refractivity contribution in [2.75, 3.05) is 26.0 Å². The number of hydrogen-bond acceptors (Lipinski definition) is 4. The number of rotatable bonds is 8. The van der Waals surface area contributed by atoms with Gasteiger partial charge in [0.2, 0.25) is 0 Å². The van der Waals surface area contributed by atoms with Gasteiger partial charge in [0, 0.05) is 19.3 Å². The van der Waals surface area contributed by atoms with Gasteiger partial charge in [-0.2, -0.15) is 0 Å². The first-order chi connectivity index (χ1) is 13.4. The first-order valence-electron chi connectivity index (χ1n) is 10.3. The van der Waals surface area contributed by atoms with Crippen LogP contribution in [0.3, 0.4) is 0 Å². The zero-order chi connectivity index (χ0) is 20.4. The third-order valence-electron chi connectivity index (χ3n) is 4.95. The molecule has 6 nitrogen and oxygen atoms in total. The summed E-state index contributed by atoms with van der Waals surface area (Å²) in [6, 6.07) is 5.38. The highest BCUT2D eigenvalue weighted by Gasteiger charge is 2.12. The van der Waals surface area contributed by atoms with Crippen LogP contribution in [0.5, 0.6) is 0 Å². The van der Waals surface area contributed by atoms with E-state index in [9.17, 15) is 8.42 Å². The maximum Gasteiger partial charge on any atom is 0.191 e. The topological polar surface area (TPSA) is 79.8 Å². The lowest BCUT2D eigenvalue weighted by Gasteiger charge is -2.16. The van der Waals surface area contributed by atoms with Crippen molar-refractivity contribution in [2.24, 2.45) is 4.99 Å². The molecule has 0 bridgehead atoms. The minimum absolute atomic E-state index is 0. The van der Waals surface area contributed by atoms with E-state index in [1.54, 1.807) is 6.07 Å². The van der Waals surface area contributed by atoms with Crippen LogP contribution in [0.1, 0.15) is 56.6 Å². The van der Waals surface area contributed by atoms with Crippen LogP contribution in [-0.2, 0) is 21.1 Å². The summed E-state index contributed by atoms with van der Waals surface area (Å²) in [6.07, 6.45) is 9.21. The second-order valence-electron chi connectivity index (χ2n) is 7.48. The maximum absolute atomic E-state index is 11.7. The van der Waals surface area contributed by atoms with Gasteiger partial charge < -0.3 is 15.4 Å². The Morgan fingerprint density at radius 3 is 2.45 bits per heavy atom. The van der Waals surface area contributed by atoms with Crippen molar-refractivity contribution in [1.82, 2.24) is 10.6 Å². The van der Waals surface area contributed by atoms with Gasteiger partial charge in [-0.3, -0.25) is 0 Å². The van der Waals surface area contributed by atoms with E-state index < -0.39 is 9.84 Å². The zero-order valence-electron chi connectivity index (χ0n) is 17.9. The molecule has 1 aromatic carbocycles. The van der Waals surface area contributed by atoms with Crippen LogP contribution in [0.25, 0.3) is 0 Å². The number of nitrogens with zero attached hydrogens (tertiary/aromatic N) is 1. The minimum Gasteiger partial charge on any atom is -0.376 e. The van der Waals surface area contributed by atoms with Gasteiger partial charge in [0.25, 0.3) is 0 Å². The van der Waals surface area contributed by atoms with Gasteiger partial charge in [-0.05, 0) is 43.9 Å².